The Bertz CT molecular complexity index is 1080. The molecule has 0 saturated carbocycles. The molecule has 0 amide bonds. The Morgan fingerprint density at radius 2 is 1.58 bits per heavy atom. The van der Waals surface area contributed by atoms with E-state index in [0.29, 0.717) is 30.4 Å². The molecule has 0 fully saturated rings. The maximum Gasteiger partial charge on any atom is 0.418 e. The van der Waals surface area contributed by atoms with Gasteiger partial charge in [0, 0.05) is 37.1 Å². The third-order valence-electron chi connectivity index (χ3n) is 4.46. The molecular weight excluding hydrogens is 450 g/mol. The second kappa shape index (κ2) is 9.61. The largest absolute Gasteiger partial charge is 0.418 e. The number of halogens is 6. The predicted octanol–water partition coefficient (Wildman–Crippen LogP) is 5.29. The molecule has 0 spiro atoms. The van der Waals surface area contributed by atoms with Gasteiger partial charge in [0.25, 0.3) is 0 Å². The molecule has 176 valence electrons. The minimum atomic E-state index is -5.02. The highest BCUT2D eigenvalue weighted by Gasteiger charge is 2.38. The Morgan fingerprint density at radius 3 is 2.18 bits per heavy atom. The van der Waals surface area contributed by atoms with Gasteiger partial charge in [-0.1, -0.05) is 0 Å². The van der Waals surface area contributed by atoms with Crippen molar-refractivity contribution >= 4 is 17.5 Å². The Labute approximate surface area is 185 Å². The first kappa shape index (κ1) is 24.2. The van der Waals surface area contributed by atoms with Crippen LogP contribution in [0.25, 0.3) is 11.3 Å². The normalized spacial score (nSPS) is 12.2. The molecule has 2 heterocycles. The second-order valence-electron chi connectivity index (χ2n) is 7.31. The fourth-order valence-electron chi connectivity index (χ4n) is 2.85. The number of nitrogens with zero attached hydrogens (tertiary/aromatic N) is 4. The van der Waals surface area contributed by atoms with Gasteiger partial charge in [-0.15, -0.1) is 0 Å². The van der Waals surface area contributed by atoms with Gasteiger partial charge in [0.05, 0.1) is 22.5 Å². The number of likely N-dealkylation sites (N-methyl/N-ethyl adjacent to an activating group) is 1. The van der Waals surface area contributed by atoms with E-state index < -0.39 is 29.2 Å². The number of alkyl halides is 6. The van der Waals surface area contributed by atoms with Crippen molar-refractivity contribution in [1.29, 1.82) is 0 Å². The average Bonchev–Trinajstić information content (AvgIpc) is 2.73. The lowest BCUT2D eigenvalue weighted by Gasteiger charge is -2.18. The van der Waals surface area contributed by atoms with E-state index in [0.717, 1.165) is 6.07 Å². The number of aromatic nitrogens is 3. The van der Waals surface area contributed by atoms with Crippen LogP contribution in [0.4, 0.5) is 43.8 Å². The van der Waals surface area contributed by atoms with Crippen LogP contribution in [-0.4, -0.2) is 47.0 Å². The fraction of sp³-hybridized carbons (Fsp3) is 0.286. The number of benzene rings is 1. The molecule has 0 saturated heterocycles. The van der Waals surface area contributed by atoms with Gasteiger partial charge in [0.1, 0.15) is 5.82 Å². The summed E-state index contributed by atoms with van der Waals surface area (Å²) in [5.74, 6) is 0.128. The lowest BCUT2D eigenvalue weighted by Crippen LogP contribution is -2.21. The SMILES string of the molecule is CN(C)CCNc1nc(Nc2ccc(C(F)(F)F)cc2C(F)(F)F)cc(-c2ccncc2)n1. The summed E-state index contributed by atoms with van der Waals surface area (Å²) in [4.78, 5) is 14.4. The van der Waals surface area contributed by atoms with E-state index in [1.165, 1.54) is 18.5 Å². The van der Waals surface area contributed by atoms with Gasteiger partial charge < -0.3 is 15.5 Å². The average molecular weight is 470 g/mol. The van der Waals surface area contributed by atoms with Crippen molar-refractivity contribution in [2.24, 2.45) is 0 Å². The molecule has 0 atom stereocenters. The molecule has 0 radical (unpaired) electrons. The van der Waals surface area contributed by atoms with E-state index in [4.69, 9.17) is 0 Å². The Kier molecular flexibility index (Phi) is 7.06. The number of hydrogen-bond donors (Lipinski definition) is 2. The van der Waals surface area contributed by atoms with Gasteiger partial charge in [0.15, 0.2) is 0 Å². The van der Waals surface area contributed by atoms with Crippen molar-refractivity contribution in [3.05, 3.63) is 59.9 Å². The molecule has 33 heavy (non-hydrogen) atoms. The minimum Gasteiger partial charge on any atom is -0.353 e. The molecule has 0 aliphatic heterocycles. The van der Waals surface area contributed by atoms with E-state index in [1.807, 2.05) is 19.0 Å². The molecular formula is C21H20F6N6. The maximum atomic E-state index is 13.5. The summed E-state index contributed by atoms with van der Waals surface area (Å²) >= 11 is 0. The summed E-state index contributed by atoms with van der Waals surface area (Å²) in [5.41, 5.74) is -2.39. The zero-order valence-corrected chi connectivity index (χ0v) is 17.6. The maximum absolute atomic E-state index is 13.5. The first-order chi connectivity index (χ1) is 15.4. The van der Waals surface area contributed by atoms with Crippen molar-refractivity contribution in [3.8, 4) is 11.3 Å². The fourth-order valence-corrected chi connectivity index (χ4v) is 2.85. The Balaban J connectivity index is 2.01. The van der Waals surface area contributed by atoms with Crippen molar-refractivity contribution < 1.29 is 26.3 Å². The molecule has 0 aliphatic carbocycles. The summed E-state index contributed by atoms with van der Waals surface area (Å²) in [6, 6.07) is 6.12. The van der Waals surface area contributed by atoms with E-state index in [2.05, 4.69) is 25.6 Å². The molecule has 0 bridgehead atoms. The monoisotopic (exact) mass is 470 g/mol. The highest BCUT2D eigenvalue weighted by molar-refractivity contribution is 5.69. The molecule has 0 aliphatic rings. The summed E-state index contributed by atoms with van der Waals surface area (Å²) in [6.45, 7) is 1.10. The van der Waals surface area contributed by atoms with E-state index >= 15 is 0 Å². The van der Waals surface area contributed by atoms with Crippen molar-refractivity contribution in [2.75, 3.05) is 37.8 Å². The zero-order valence-electron chi connectivity index (χ0n) is 17.6. The van der Waals surface area contributed by atoms with Gasteiger partial charge >= 0.3 is 12.4 Å². The summed E-state index contributed by atoms with van der Waals surface area (Å²) < 4.78 is 79.4. The van der Waals surface area contributed by atoms with Gasteiger partial charge in [-0.05, 0) is 44.4 Å². The smallest absolute Gasteiger partial charge is 0.353 e. The van der Waals surface area contributed by atoms with Crippen LogP contribution in [0.1, 0.15) is 11.1 Å². The summed E-state index contributed by atoms with van der Waals surface area (Å²) in [6.07, 6.45) is -6.87. The van der Waals surface area contributed by atoms with Gasteiger partial charge in [-0.3, -0.25) is 4.98 Å². The number of anilines is 3. The van der Waals surface area contributed by atoms with Crippen LogP contribution in [-0.2, 0) is 12.4 Å². The quantitative estimate of drug-likeness (QED) is 0.458. The first-order valence-corrected chi connectivity index (χ1v) is 9.67. The van der Waals surface area contributed by atoms with Gasteiger partial charge in [0.2, 0.25) is 5.95 Å². The third kappa shape index (κ3) is 6.54. The lowest BCUT2D eigenvalue weighted by molar-refractivity contribution is -0.142. The van der Waals surface area contributed by atoms with Crippen molar-refractivity contribution in [2.45, 2.75) is 12.4 Å². The van der Waals surface area contributed by atoms with E-state index in [-0.39, 0.29) is 17.8 Å². The third-order valence-corrected chi connectivity index (χ3v) is 4.46. The second-order valence-corrected chi connectivity index (χ2v) is 7.31. The molecule has 12 heteroatoms. The minimum absolute atomic E-state index is 0.0191. The molecule has 2 N–H and O–H groups in total. The standard InChI is InChI=1S/C21H20F6N6/c1-33(2)10-9-29-19-31-17(13-5-7-28-8-6-13)12-18(32-19)30-16-4-3-14(20(22,23)24)11-15(16)21(25,26)27/h3-8,11-12H,9-10H2,1-2H3,(H2,29,30,31,32). The molecule has 0 unspecified atom stereocenters. The van der Waals surface area contributed by atoms with Crippen LogP contribution in [0, 0.1) is 0 Å². The first-order valence-electron chi connectivity index (χ1n) is 9.67. The highest BCUT2D eigenvalue weighted by Crippen LogP contribution is 2.40. The van der Waals surface area contributed by atoms with Gasteiger partial charge in [-0.2, -0.15) is 31.3 Å². The number of rotatable bonds is 7. The van der Waals surface area contributed by atoms with Crippen LogP contribution in [0.15, 0.2) is 48.8 Å². The van der Waals surface area contributed by atoms with Crippen LogP contribution in [0.5, 0.6) is 0 Å². The summed E-state index contributed by atoms with van der Waals surface area (Å²) in [7, 11) is 3.73. The Morgan fingerprint density at radius 1 is 0.879 bits per heavy atom. The molecule has 1 aromatic carbocycles. The summed E-state index contributed by atoms with van der Waals surface area (Å²) in [5, 5.41) is 5.50. The topological polar surface area (TPSA) is 66.0 Å². The molecule has 3 rings (SSSR count). The zero-order chi connectivity index (χ0) is 24.2. The lowest BCUT2D eigenvalue weighted by atomic mass is 10.1. The van der Waals surface area contributed by atoms with Gasteiger partial charge in [-0.25, -0.2) is 4.98 Å². The van der Waals surface area contributed by atoms with Crippen LogP contribution in [0.2, 0.25) is 0 Å². The van der Waals surface area contributed by atoms with Crippen LogP contribution in [0.3, 0.4) is 0 Å². The Hall–Kier alpha value is -3.41. The van der Waals surface area contributed by atoms with Crippen molar-refractivity contribution in [1.82, 2.24) is 19.9 Å². The van der Waals surface area contributed by atoms with Crippen LogP contribution >= 0.6 is 0 Å². The molecule has 2 aromatic heterocycles. The van der Waals surface area contributed by atoms with Crippen molar-refractivity contribution in [3.63, 3.8) is 0 Å². The number of nitrogens with one attached hydrogen (secondary N) is 2. The number of hydrogen-bond acceptors (Lipinski definition) is 6. The van der Waals surface area contributed by atoms with E-state index in [9.17, 15) is 26.3 Å². The molecule has 3 aromatic rings. The molecule has 6 nitrogen and oxygen atoms in total. The highest BCUT2D eigenvalue weighted by atomic mass is 19.4. The van der Waals surface area contributed by atoms with E-state index in [1.54, 1.807) is 12.1 Å². The van der Waals surface area contributed by atoms with Crippen LogP contribution < -0.4 is 10.6 Å². The number of pyridine rings is 1. The predicted molar refractivity (Wildman–Crippen MR) is 112 cm³/mol.